The first-order valence-electron chi connectivity index (χ1n) is 7.86. The maximum absolute atomic E-state index is 12.9. The van der Waals surface area contributed by atoms with Crippen LogP contribution in [0.2, 0.25) is 0 Å². The Kier molecular flexibility index (Phi) is 3.43. The first-order valence-corrected chi connectivity index (χ1v) is 8.67. The number of carbonyl (C=O) groups is 1. The summed E-state index contributed by atoms with van der Waals surface area (Å²) in [5, 5.41) is 4.75. The molecule has 1 aromatic carbocycles. The number of likely N-dealkylation sites (tertiary alicyclic amines) is 1. The van der Waals surface area contributed by atoms with E-state index in [-0.39, 0.29) is 5.91 Å². The van der Waals surface area contributed by atoms with E-state index in [1.165, 1.54) is 22.9 Å². The Labute approximate surface area is 128 Å². The van der Waals surface area contributed by atoms with Gasteiger partial charge in [0.25, 0.3) is 5.91 Å². The Morgan fingerprint density at radius 1 is 1.24 bits per heavy atom. The van der Waals surface area contributed by atoms with E-state index in [1.807, 2.05) is 12.1 Å². The lowest BCUT2D eigenvalue weighted by Gasteiger charge is -2.29. The molecule has 1 amide bonds. The van der Waals surface area contributed by atoms with Crippen molar-refractivity contribution in [2.75, 3.05) is 13.1 Å². The smallest absolute Gasteiger partial charge is 0.264 e. The Balaban J connectivity index is 1.60. The topological polar surface area (TPSA) is 32.3 Å². The summed E-state index contributed by atoms with van der Waals surface area (Å²) in [6.45, 7) is 2.02. The van der Waals surface area contributed by atoms with Gasteiger partial charge in [-0.25, -0.2) is 0 Å². The zero-order valence-electron chi connectivity index (χ0n) is 12.0. The van der Waals surface area contributed by atoms with Crippen LogP contribution in [0.15, 0.2) is 30.3 Å². The molecule has 0 radical (unpaired) electrons. The highest BCUT2D eigenvalue weighted by molar-refractivity contribution is 7.20. The molecule has 0 saturated carbocycles. The minimum Gasteiger partial charge on any atom is -0.333 e. The fraction of sp³-hybridized carbons (Fsp3) is 0.471. The van der Waals surface area contributed by atoms with E-state index in [9.17, 15) is 4.79 Å². The van der Waals surface area contributed by atoms with E-state index in [2.05, 4.69) is 28.4 Å². The highest BCUT2D eigenvalue weighted by Crippen LogP contribution is 2.30. The van der Waals surface area contributed by atoms with Crippen LogP contribution in [0, 0.1) is 0 Å². The van der Waals surface area contributed by atoms with Crippen molar-refractivity contribution in [1.29, 1.82) is 0 Å². The van der Waals surface area contributed by atoms with Crippen molar-refractivity contribution in [2.45, 2.75) is 37.8 Å². The predicted octanol–water partition coefficient (Wildman–Crippen LogP) is 3.26. The second kappa shape index (κ2) is 5.43. The third-order valence-electron chi connectivity index (χ3n) is 4.76. The fourth-order valence-corrected chi connectivity index (χ4v) is 4.75. The van der Waals surface area contributed by atoms with Crippen LogP contribution >= 0.6 is 11.3 Å². The molecule has 0 aliphatic carbocycles. The van der Waals surface area contributed by atoms with Gasteiger partial charge in [-0.1, -0.05) is 18.2 Å². The lowest BCUT2D eigenvalue weighted by molar-refractivity contribution is 0.0716. The molecule has 2 aromatic rings. The van der Waals surface area contributed by atoms with Gasteiger partial charge in [0.15, 0.2) is 0 Å². The number of amides is 1. The number of rotatable bonds is 2. The molecule has 3 heterocycles. The maximum Gasteiger partial charge on any atom is 0.264 e. The van der Waals surface area contributed by atoms with Crippen LogP contribution in [0.25, 0.3) is 10.1 Å². The number of thiophene rings is 1. The molecule has 2 aliphatic heterocycles. The molecule has 4 rings (SSSR count). The molecule has 0 spiro atoms. The highest BCUT2D eigenvalue weighted by atomic mass is 32.1. The van der Waals surface area contributed by atoms with Crippen molar-refractivity contribution >= 4 is 27.3 Å². The van der Waals surface area contributed by atoms with Crippen molar-refractivity contribution in [1.82, 2.24) is 10.2 Å². The van der Waals surface area contributed by atoms with Crippen molar-refractivity contribution in [3.8, 4) is 0 Å². The van der Waals surface area contributed by atoms with Crippen LogP contribution in [0.3, 0.4) is 0 Å². The minimum atomic E-state index is 0.229. The molecule has 110 valence electrons. The summed E-state index contributed by atoms with van der Waals surface area (Å²) >= 11 is 1.63. The first kappa shape index (κ1) is 13.3. The van der Waals surface area contributed by atoms with Gasteiger partial charge in [0.1, 0.15) is 0 Å². The van der Waals surface area contributed by atoms with Gasteiger partial charge in [-0.3, -0.25) is 4.79 Å². The third kappa shape index (κ3) is 2.36. The van der Waals surface area contributed by atoms with Gasteiger partial charge >= 0.3 is 0 Å². The lowest BCUT2D eigenvalue weighted by Crippen LogP contribution is -2.46. The normalized spacial score (nSPS) is 25.8. The largest absolute Gasteiger partial charge is 0.333 e. The minimum absolute atomic E-state index is 0.229. The number of hydrogen-bond donors (Lipinski definition) is 1. The van der Waals surface area contributed by atoms with Gasteiger partial charge in [-0.05, 0) is 49.7 Å². The summed E-state index contributed by atoms with van der Waals surface area (Å²) in [4.78, 5) is 15.9. The number of benzene rings is 1. The standard InChI is InChI=1S/C17H20N2OS/c20-17(16-11-12-5-1-2-8-15(12)21-16)19-10-4-7-14(19)13-6-3-9-18-13/h1-2,5,8,11,13-14,18H,3-4,6-7,9-10H2. The van der Waals surface area contributed by atoms with E-state index in [1.54, 1.807) is 11.3 Å². The van der Waals surface area contributed by atoms with E-state index in [4.69, 9.17) is 0 Å². The maximum atomic E-state index is 12.9. The monoisotopic (exact) mass is 300 g/mol. The first-order chi connectivity index (χ1) is 10.3. The van der Waals surface area contributed by atoms with Crippen LogP contribution in [-0.2, 0) is 0 Å². The fourth-order valence-electron chi connectivity index (χ4n) is 3.73. The number of hydrogen-bond acceptors (Lipinski definition) is 3. The molecule has 1 N–H and O–H groups in total. The van der Waals surface area contributed by atoms with Gasteiger partial charge < -0.3 is 10.2 Å². The van der Waals surface area contributed by atoms with E-state index in [0.29, 0.717) is 12.1 Å². The molecule has 1 aromatic heterocycles. The van der Waals surface area contributed by atoms with Crippen molar-refractivity contribution < 1.29 is 4.79 Å². The molecule has 0 bridgehead atoms. The number of fused-ring (bicyclic) bond motifs is 1. The molecule has 4 heteroatoms. The van der Waals surface area contributed by atoms with Gasteiger partial charge in [0, 0.05) is 23.3 Å². The molecular weight excluding hydrogens is 280 g/mol. The number of nitrogens with one attached hydrogen (secondary N) is 1. The van der Waals surface area contributed by atoms with Crippen LogP contribution in [0.1, 0.15) is 35.4 Å². The van der Waals surface area contributed by atoms with E-state index >= 15 is 0 Å². The Hall–Kier alpha value is -1.39. The second-order valence-corrected chi connectivity index (χ2v) is 7.14. The number of carbonyl (C=O) groups excluding carboxylic acids is 1. The average molecular weight is 300 g/mol. The Bertz CT molecular complexity index is 627. The van der Waals surface area contributed by atoms with Crippen LogP contribution in [0.5, 0.6) is 0 Å². The van der Waals surface area contributed by atoms with E-state index in [0.717, 1.165) is 30.8 Å². The van der Waals surface area contributed by atoms with E-state index < -0.39 is 0 Å². The predicted molar refractivity (Wildman–Crippen MR) is 86.9 cm³/mol. The molecule has 2 atom stereocenters. The molecule has 2 fully saturated rings. The van der Waals surface area contributed by atoms with Crippen molar-refractivity contribution in [3.05, 3.63) is 35.2 Å². The number of nitrogens with zero attached hydrogens (tertiary/aromatic N) is 1. The van der Waals surface area contributed by atoms with Gasteiger partial charge in [0.2, 0.25) is 0 Å². The highest BCUT2D eigenvalue weighted by Gasteiger charge is 2.36. The second-order valence-electron chi connectivity index (χ2n) is 6.06. The summed E-state index contributed by atoms with van der Waals surface area (Å²) in [6, 6.07) is 11.2. The molecule has 3 nitrogen and oxygen atoms in total. The molecule has 21 heavy (non-hydrogen) atoms. The molecule has 2 aliphatic rings. The van der Waals surface area contributed by atoms with Crippen molar-refractivity contribution in [2.24, 2.45) is 0 Å². The zero-order valence-corrected chi connectivity index (χ0v) is 12.9. The van der Waals surface area contributed by atoms with Crippen LogP contribution < -0.4 is 5.32 Å². The molecular formula is C17H20N2OS. The van der Waals surface area contributed by atoms with Gasteiger partial charge in [-0.15, -0.1) is 11.3 Å². The summed E-state index contributed by atoms with van der Waals surface area (Å²) in [6.07, 6.45) is 4.74. The lowest BCUT2D eigenvalue weighted by atomic mass is 10.0. The summed E-state index contributed by atoms with van der Waals surface area (Å²) < 4.78 is 1.20. The van der Waals surface area contributed by atoms with Crippen LogP contribution in [0.4, 0.5) is 0 Å². The molecule has 2 saturated heterocycles. The van der Waals surface area contributed by atoms with Gasteiger partial charge in [-0.2, -0.15) is 0 Å². The summed E-state index contributed by atoms with van der Waals surface area (Å²) in [5.41, 5.74) is 0. The van der Waals surface area contributed by atoms with Crippen LogP contribution in [-0.4, -0.2) is 36.0 Å². The zero-order chi connectivity index (χ0) is 14.2. The van der Waals surface area contributed by atoms with Gasteiger partial charge in [0.05, 0.1) is 4.88 Å². The summed E-state index contributed by atoms with van der Waals surface area (Å²) in [5.74, 6) is 0.229. The van der Waals surface area contributed by atoms with Crippen molar-refractivity contribution in [3.63, 3.8) is 0 Å². The Morgan fingerprint density at radius 2 is 2.14 bits per heavy atom. The Morgan fingerprint density at radius 3 is 2.95 bits per heavy atom. The quantitative estimate of drug-likeness (QED) is 0.923. The molecule has 2 unspecified atom stereocenters. The average Bonchev–Trinajstić information content (AvgIpc) is 3.23. The third-order valence-corrected chi connectivity index (χ3v) is 5.86. The SMILES string of the molecule is O=C(c1cc2ccccc2s1)N1CCCC1C1CCCN1. The summed E-state index contributed by atoms with van der Waals surface area (Å²) in [7, 11) is 0.